The molecule has 0 bridgehead atoms. The topological polar surface area (TPSA) is 112 Å². The van der Waals surface area contributed by atoms with Gasteiger partial charge in [-0.15, -0.1) is 0 Å². The van der Waals surface area contributed by atoms with E-state index in [1.165, 1.54) is 38.5 Å². The van der Waals surface area contributed by atoms with Crippen LogP contribution in [0.3, 0.4) is 0 Å². The molecule has 1 aromatic heterocycles. The van der Waals surface area contributed by atoms with Crippen LogP contribution in [0, 0.1) is 0 Å². The van der Waals surface area contributed by atoms with Crippen LogP contribution in [0.1, 0.15) is 106 Å². The third kappa shape index (κ3) is 12.0. The molecular formula is C39H46N4O5. The Labute approximate surface area is 283 Å². The van der Waals surface area contributed by atoms with E-state index in [0.29, 0.717) is 46.4 Å². The molecule has 0 saturated carbocycles. The van der Waals surface area contributed by atoms with Crippen LogP contribution in [-0.2, 0) is 4.74 Å². The lowest BCUT2D eigenvalue weighted by atomic mass is 10.1. The summed E-state index contributed by atoms with van der Waals surface area (Å²) in [6.07, 6.45) is 14.6. The van der Waals surface area contributed by atoms with Gasteiger partial charge in [-0.25, -0.2) is 19.6 Å². The third-order valence-corrected chi connectivity index (χ3v) is 7.73. The molecule has 0 spiro atoms. The van der Waals surface area contributed by atoms with Crippen molar-refractivity contribution in [3.8, 4) is 22.9 Å². The number of ether oxygens (including phenoxy) is 3. The average Bonchev–Trinajstić information content (AvgIpc) is 3.11. The number of benzene rings is 3. The van der Waals surface area contributed by atoms with Crippen LogP contribution in [0.15, 0.2) is 95.4 Å². The average molecular weight is 651 g/mol. The normalized spacial score (nSPS) is 11.7. The number of carbonyl (C=O) groups is 2. The van der Waals surface area contributed by atoms with Gasteiger partial charge in [-0.05, 0) is 99.0 Å². The van der Waals surface area contributed by atoms with Crippen molar-refractivity contribution in [1.29, 1.82) is 0 Å². The van der Waals surface area contributed by atoms with E-state index in [4.69, 9.17) is 14.2 Å². The molecule has 0 fully saturated rings. The zero-order chi connectivity index (χ0) is 34.0. The summed E-state index contributed by atoms with van der Waals surface area (Å²) in [6, 6.07) is 20.5. The fourth-order valence-electron chi connectivity index (χ4n) is 4.89. The van der Waals surface area contributed by atoms with Crippen molar-refractivity contribution in [2.24, 2.45) is 10.2 Å². The van der Waals surface area contributed by atoms with Crippen molar-refractivity contribution >= 4 is 23.3 Å². The fourth-order valence-corrected chi connectivity index (χ4v) is 4.89. The van der Waals surface area contributed by atoms with E-state index in [1.807, 2.05) is 31.2 Å². The Morgan fingerprint density at radius 2 is 1.19 bits per heavy atom. The number of aromatic nitrogens is 2. The van der Waals surface area contributed by atoms with Crippen LogP contribution in [0.25, 0.3) is 11.4 Å². The number of azo groups is 1. The number of hydrogen-bond donors (Lipinski definition) is 0. The number of rotatable bonds is 19. The lowest BCUT2D eigenvalue weighted by Crippen LogP contribution is -2.15. The summed E-state index contributed by atoms with van der Waals surface area (Å²) in [5, 5.41) is 8.58. The van der Waals surface area contributed by atoms with E-state index in [2.05, 4.69) is 34.0 Å². The molecule has 0 radical (unpaired) electrons. The lowest BCUT2D eigenvalue weighted by molar-refractivity contribution is 0.0319. The highest BCUT2D eigenvalue weighted by Gasteiger charge is 2.14. The number of nitrogens with zero attached hydrogens (tertiary/aromatic N) is 4. The van der Waals surface area contributed by atoms with Crippen LogP contribution >= 0.6 is 0 Å². The minimum atomic E-state index is -0.519. The molecule has 0 aliphatic heterocycles. The van der Waals surface area contributed by atoms with Crippen LogP contribution < -0.4 is 9.47 Å². The van der Waals surface area contributed by atoms with E-state index >= 15 is 0 Å². The van der Waals surface area contributed by atoms with Crippen molar-refractivity contribution in [3.05, 3.63) is 96.3 Å². The van der Waals surface area contributed by atoms with Gasteiger partial charge in [0.1, 0.15) is 5.75 Å². The molecule has 0 N–H and O–H groups in total. The van der Waals surface area contributed by atoms with Crippen molar-refractivity contribution < 1.29 is 23.8 Å². The van der Waals surface area contributed by atoms with E-state index in [0.717, 1.165) is 31.2 Å². The molecule has 0 aliphatic rings. The van der Waals surface area contributed by atoms with Gasteiger partial charge >= 0.3 is 11.9 Å². The van der Waals surface area contributed by atoms with Crippen LogP contribution in [0.5, 0.6) is 11.5 Å². The molecular weight excluding hydrogens is 604 g/mol. The monoisotopic (exact) mass is 650 g/mol. The van der Waals surface area contributed by atoms with Crippen LogP contribution in [0.2, 0.25) is 0 Å². The molecule has 9 heteroatoms. The first-order chi connectivity index (χ1) is 23.4. The molecule has 1 heterocycles. The summed E-state index contributed by atoms with van der Waals surface area (Å²) >= 11 is 0. The van der Waals surface area contributed by atoms with Crippen LogP contribution in [-0.4, -0.2) is 34.6 Å². The minimum absolute atomic E-state index is 0.144. The zero-order valence-electron chi connectivity index (χ0n) is 28.3. The maximum atomic E-state index is 12.7. The summed E-state index contributed by atoms with van der Waals surface area (Å²) in [7, 11) is 0. The summed E-state index contributed by atoms with van der Waals surface area (Å²) in [4.78, 5) is 34.0. The molecule has 0 aliphatic carbocycles. The molecule has 48 heavy (non-hydrogen) atoms. The standard InChI is InChI=1S/C39H46N4O5/c1-4-6-8-10-12-26-46-36-27-40-37(41-28-36)30-14-20-33(21-15-30)42-43-34-22-16-31(17-23-34)39(45)48-35-24-18-32(19-25-35)38(44)47-29(3)13-11-9-7-5-2/h14-25,27-29H,4-13,26H2,1-3H3/t29-/m0/s1. The highest BCUT2D eigenvalue weighted by molar-refractivity contribution is 5.92. The third-order valence-electron chi connectivity index (χ3n) is 7.73. The maximum absolute atomic E-state index is 12.7. The van der Waals surface area contributed by atoms with E-state index in [9.17, 15) is 9.59 Å². The summed E-state index contributed by atoms with van der Waals surface area (Å²) < 4.78 is 16.8. The van der Waals surface area contributed by atoms with Gasteiger partial charge < -0.3 is 14.2 Å². The maximum Gasteiger partial charge on any atom is 0.343 e. The minimum Gasteiger partial charge on any atom is -0.490 e. The Bertz CT molecular complexity index is 1570. The summed E-state index contributed by atoms with van der Waals surface area (Å²) in [5.74, 6) is 0.705. The van der Waals surface area contributed by atoms with Crippen molar-refractivity contribution in [2.75, 3.05) is 6.61 Å². The molecule has 4 rings (SSSR count). The van der Waals surface area contributed by atoms with Crippen molar-refractivity contribution in [3.63, 3.8) is 0 Å². The van der Waals surface area contributed by atoms with Crippen LogP contribution in [0.4, 0.5) is 11.4 Å². The van der Waals surface area contributed by atoms with E-state index < -0.39 is 5.97 Å². The Morgan fingerprint density at radius 3 is 1.81 bits per heavy atom. The van der Waals surface area contributed by atoms with Crippen molar-refractivity contribution in [2.45, 2.75) is 91.1 Å². The van der Waals surface area contributed by atoms with Gasteiger partial charge in [-0.3, -0.25) is 0 Å². The SMILES string of the molecule is CCCCCCCOc1cnc(-c2ccc(N=Nc3ccc(C(=O)Oc4ccc(C(=O)O[C@@H](C)CCCCCC)cc4)cc3)cc2)nc1. The van der Waals surface area contributed by atoms with Gasteiger partial charge in [0.25, 0.3) is 0 Å². The second-order valence-electron chi connectivity index (χ2n) is 11.8. The number of hydrogen-bond acceptors (Lipinski definition) is 9. The fraction of sp³-hybridized carbons (Fsp3) is 0.385. The summed E-state index contributed by atoms with van der Waals surface area (Å²) in [5.41, 5.74) is 2.89. The molecule has 0 unspecified atom stereocenters. The van der Waals surface area contributed by atoms with Crippen molar-refractivity contribution in [1.82, 2.24) is 9.97 Å². The van der Waals surface area contributed by atoms with Gasteiger partial charge in [0.15, 0.2) is 11.6 Å². The van der Waals surface area contributed by atoms with E-state index in [-0.39, 0.29) is 12.1 Å². The highest BCUT2D eigenvalue weighted by Crippen LogP contribution is 2.24. The Morgan fingerprint density at radius 1 is 0.646 bits per heavy atom. The molecule has 9 nitrogen and oxygen atoms in total. The first-order valence-electron chi connectivity index (χ1n) is 17.1. The van der Waals surface area contributed by atoms with Gasteiger partial charge in [-0.2, -0.15) is 10.2 Å². The lowest BCUT2D eigenvalue weighted by Gasteiger charge is -2.13. The largest absolute Gasteiger partial charge is 0.490 e. The molecule has 1 atom stereocenters. The Balaban J connectivity index is 1.22. The Hall–Kier alpha value is -4.92. The quantitative estimate of drug-likeness (QED) is 0.0429. The predicted octanol–water partition coefficient (Wildman–Crippen LogP) is 10.6. The summed E-state index contributed by atoms with van der Waals surface area (Å²) in [6.45, 7) is 6.96. The molecule has 3 aromatic carbocycles. The molecule has 4 aromatic rings. The number of unbranched alkanes of at least 4 members (excludes halogenated alkanes) is 7. The highest BCUT2D eigenvalue weighted by atomic mass is 16.5. The smallest absolute Gasteiger partial charge is 0.343 e. The van der Waals surface area contributed by atoms with Gasteiger partial charge in [0.2, 0.25) is 0 Å². The molecule has 0 saturated heterocycles. The van der Waals surface area contributed by atoms with Gasteiger partial charge in [0, 0.05) is 5.56 Å². The predicted molar refractivity (Wildman–Crippen MR) is 187 cm³/mol. The number of esters is 2. The first kappa shape index (κ1) is 35.9. The second kappa shape index (κ2) is 19.7. The zero-order valence-corrected chi connectivity index (χ0v) is 28.3. The van der Waals surface area contributed by atoms with E-state index in [1.54, 1.807) is 60.9 Å². The van der Waals surface area contributed by atoms with Gasteiger partial charge in [0.05, 0.1) is 47.6 Å². The second-order valence-corrected chi connectivity index (χ2v) is 11.8. The first-order valence-corrected chi connectivity index (χ1v) is 17.1. The van der Waals surface area contributed by atoms with Gasteiger partial charge in [-0.1, -0.05) is 58.8 Å². The molecule has 0 amide bonds. The Kier molecular flexibility index (Phi) is 14.7. The molecule has 252 valence electrons. The number of carbonyl (C=O) groups excluding carboxylic acids is 2.